The Labute approximate surface area is 282 Å². The van der Waals surface area contributed by atoms with Crippen LogP contribution >= 0.6 is 0 Å². The molecule has 7 heteroatoms. The van der Waals surface area contributed by atoms with Gasteiger partial charge in [-0.25, -0.2) is 0 Å². The van der Waals surface area contributed by atoms with E-state index in [0.29, 0.717) is 36.5 Å². The first-order chi connectivity index (χ1) is 23.3. The van der Waals surface area contributed by atoms with Gasteiger partial charge in [-0.1, -0.05) is 81.5 Å². The van der Waals surface area contributed by atoms with E-state index < -0.39 is 18.9 Å². The van der Waals surface area contributed by atoms with E-state index in [2.05, 4.69) is 59.5 Å². The summed E-state index contributed by atoms with van der Waals surface area (Å²) < 4.78 is 16.6. The minimum absolute atomic E-state index is 0.500. The fraction of sp³-hybridized carbons (Fsp3) is 0.220. The van der Waals surface area contributed by atoms with E-state index in [9.17, 15) is 15.3 Å². The van der Waals surface area contributed by atoms with Crippen molar-refractivity contribution in [3.63, 3.8) is 0 Å². The molecule has 0 amide bonds. The highest BCUT2D eigenvalue weighted by Gasteiger charge is 2.14. The normalized spacial score (nSPS) is 13.1. The van der Waals surface area contributed by atoms with E-state index in [4.69, 9.17) is 14.2 Å². The number of hydrogen-bond acceptors (Lipinski definition) is 7. The predicted molar refractivity (Wildman–Crippen MR) is 193 cm³/mol. The summed E-state index contributed by atoms with van der Waals surface area (Å²) in [7, 11) is 0. The highest BCUT2D eigenvalue weighted by atomic mass is 16.6. The van der Waals surface area contributed by atoms with Crippen molar-refractivity contribution in [2.45, 2.75) is 58.9 Å². The van der Waals surface area contributed by atoms with E-state index in [-0.39, 0.29) is 0 Å². The largest absolute Gasteiger partial charge is 0.465 e. The van der Waals surface area contributed by atoms with Gasteiger partial charge < -0.3 is 34.4 Å². The number of benzene rings is 5. The van der Waals surface area contributed by atoms with E-state index >= 15 is 0 Å². The van der Waals surface area contributed by atoms with Crippen LogP contribution in [0.1, 0.15) is 51.2 Å². The van der Waals surface area contributed by atoms with Gasteiger partial charge in [-0.15, -0.1) is 0 Å². The number of aliphatic hydroxyl groups excluding tert-OH is 3. The van der Waals surface area contributed by atoms with Crippen molar-refractivity contribution in [3.8, 4) is 28.4 Å². The van der Waals surface area contributed by atoms with Crippen molar-refractivity contribution >= 4 is 29.2 Å². The Morgan fingerprint density at radius 1 is 0.438 bits per heavy atom. The maximum absolute atomic E-state index is 9.96. The third-order valence-corrected chi connectivity index (χ3v) is 7.77. The lowest BCUT2D eigenvalue weighted by atomic mass is 10.0. The molecule has 0 aliphatic heterocycles. The second-order valence-electron chi connectivity index (χ2n) is 11.3. The molecule has 0 aromatic heterocycles. The fourth-order valence-electron chi connectivity index (χ4n) is 4.96. The maximum Gasteiger partial charge on any atom is 0.197 e. The van der Waals surface area contributed by atoms with Crippen molar-refractivity contribution in [1.82, 2.24) is 0 Å². The molecule has 7 nitrogen and oxygen atoms in total. The zero-order chi connectivity index (χ0) is 33.9. The van der Waals surface area contributed by atoms with Gasteiger partial charge in [0, 0.05) is 36.3 Å². The summed E-state index contributed by atoms with van der Waals surface area (Å²) in [6.07, 6.45) is 3.18. The summed E-state index contributed by atoms with van der Waals surface area (Å²) in [6.45, 7) is 5.61. The van der Waals surface area contributed by atoms with Gasteiger partial charge in [0.05, 0.1) is 0 Å². The number of aliphatic hydroxyl groups is 3. The van der Waals surface area contributed by atoms with Crippen molar-refractivity contribution < 1.29 is 29.5 Å². The quantitative estimate of drug-likeness (QED) is 0.0772. The monoisotopic (exact) mass is 645 g/mol. The fourth-order valence-corrected chi connectivity index (χ4v) is 4.96. The van der Waals surface area contributed by atoms with Crippen LogP contribution in [0.25, 0.3) is 23.3 Å². The molecule has 48 heavy (non-hydrogen) atoms. The maximum atomic E-state index is 9.96. The summed E-state index contributed by atoms with van der Waals surface area (Å²) in [6, 6.07) is 39.7. The molecule has 5 aromatic rings. The van der Waals surface area contributed by atoms with Gasteiger partial charge in [0.1, 0.15) is 17.2 Å². The molecule has 248 valence electrons. The molecule has 0 spiro atoms. The lowest BCUT2D eigenvalue weighted by Crippen LogP contribution is -2.14. The average molecular weight is 646 g/mol. The number of hydrogen-bond donors (Lipinski definition) is 3. The SMILES string of the molecule is CCC(O)Oc1ccc(C=Cc2ccc(N(c3ccc(OC(O)CC)cc3)c3ccc(-c4ccc(OC(O)CC)cc4)cc3)cc2)cc1. The lowest BCUT2D eigenvalue weighted by molar-refractivity contribution is -0.0196. The minimum atomic E-state index is -0.849. The van der Waals surface area contributed by atoms with Crippen molar-refractivity contribution in [2.24, 2.45) is 0 Å². The second kappa shape index (κ2) is 16.7. The van der Waals surface area contributed by atoms with Crippen LogP contribution in [-0.4, -0.2) is 34.2 Å². The molecule has 0 radical (unpaired) electrons. The topological polar surface area (TPSA) is 91.6 Å². The van der Waals surface area contributed by atoms with Gasteiger partial charge in [0.2, 0.25) is 0 Å². The highest BCUT2D eigenvalue weighted by molar-refractivity contribution is 5.80. The Kier molecular flexibility index (Phi) is 11.9. The molecule has 3 unspecified atom stereocenters. The van der Waals surface area contributed by atoms with Crippen molar-refractivity contribution in [1.29, 1.82) is 0 Å². The minimum Gasteiger partial charge on any atom is -0.465 e. The third-order valence-electron chi connectivity index (χ3n) is 7.77. The van der Waals surface area contributed by atoms with Gasteiger partial charge in [-0.3, -0.25) is 0 Å². The number of ether oxygens (including phenoxy) is 3. The summed E-state index contributed by atoms with van der Waals surface area (Å²) in [5.41, 5.74) is 7.07. The zero-order valence-electron chi connectivity index (χ0n) is 27.6. The molecular weight excluding hydrogens is 602 g/mol. The van der Waals surface area contributed by atoms with Gasteiger partial charge in [-0.2, -0.15) is 0 Å². The highest BCUT2D eigenvalue weighted by Crippen LogP contribution is 2.37. The Bertz CT molecular complexity index is 1720. The number of anilines is 3. The summed E-state index contributed by atoms with van der Waals surface area (Å²) in [5, 5.41) is 29.5. The molecule has 3 atom stereocenters. The van der Waals surface area contributed by atoms with Gasteiger partial charge in [-0.05, 0) is 95.1 Å². The van der Waals surface area contributed by atoms with Crippen molar-refractivity contribution in [3.05, 3.63) is 132 Å². The summed E-state index contributed by atoms with van der Waals surface area (Å²) in [4.78, 5) is 2.17. The molecular formula is C41H43NO6. The van der Waals surface area contributed by atoms with Gasteiger partial charge >= 0.3 is 0 Å². The van der Waals surface area contributed by atoms with E-state index in [0.717, 1.165) is 39.3 Å². The summed E-state index contributed by atoms with van der Waals surface area (Å²) in [5.74, 6) is 1.86. The number of nitrogens with zero attached hydrogens (tertiary/aromatic N) is 1. The molecule has 0 saturated carbocycles. The van der Waals surface area contributed by atoms with Crippen LogP contribution < -0.4 is 19.1 Å². The van der Waals surface area contributed by atoms with E-state index in [1.165, 1.54) is 0 Å². The van der Waals surface area contributed by atoms with Crippen LogP contribution in [0.15, 0.2) is 121 Å². The second-order valence-corrected chi connectivity index (χ2v) is 11.3. The smallest absolute Gasteiger partial charge is 0.197 e. The Morgan fingerprint density at radius 3 is 1.08 bits per heavy atom. The number of rotatable bonds is 15. The first kappa shape index (κ1) is 34.3. The Morgan fingerprint density at radius 2 is 0.708 bits per heavy atom. The van der Waals surface area contributed by atoms with Crippen LogP contribution in [0, 0.1) is 0 Å². The summed E-state index contributed by atoms with van der Waals surface area (Å²) >= 11 is 0. The predicted octanol–water partition coefficient (Wildman–Crippen LogP) is 9.32. The van der Waals surface area contributed by atoms with Crippen LogP contribution in [0.5, 0.6) is 17.2 Å². The first-order valence-electron chi connectivity index (χ1n) is 16.4. The van der Waals surface area contributed by atoms with Crippen LogP contribution in [-0.2, 0) is 0 Å². The molecule has 0 heterocycles. The zero-order valence-corrected chi connectivity index (χ0v) is 27.6. The molecule has 0 aliphatic rings. The van der Waals surface area contributed by atoms with Gasteiger partial charge in [0.15, 0.2) is 18.9 Å². The molecule has 0 aliphatic carbocycles. The first-order valence-corrected chi connectivity index (χ1v) is 16.4. The third kappa shape index (κ3) is 9.26. The lowest BCUT2D eigenvalue weighted by Gasteiger charge is -2.26. The van der Waals surface area contributed by atoms with Crippen molar-refractivity contribution in [2.75, 3.05) is 4.90 Å². The van der Waals surface area contributed by atoms with Crippen LogP contribution in [0.2, 0.25) is 0 Å². The molecule has 0 saturated heterocycles. The molecule has 5 aromatic carbocycles. The van der Waals surface area contributed by atoms with Crippen LogP contribution in [0.3, 0.4) is 0 Å². The van der Waals surface area contributed by atoms with E-state index in [1.54, 1.807) is 0 Å². The average Bonchev–Trinajstić information content (AvgIpc) is 3.13. The van der Waals surface area contributed by atoms with E-state index in [1.807, 2.05) is 99.6 Å². The van der Waals surface area contributed by atoms with Gasteiger partial charge in [0.25, 0.3) is 0 Å². The van der Waals surface area contributed by atoms with Crippen LogP contribution in [0.4, 0.5) is 17.1 Å². The molecule has 3 N–H and O–H groups in total. The standard InChI is InChI=1S/C41H43NO6/c1-4-39(43)46-36-23-11-30(12-24-36)8-7-29-9-17-33(18-10-29)42(35-21-27-38(28-22-35)48-41(45)6-3)34-19-13-31(14-20-34)32-15-25-37(26-16-32)47-40(44)5-2/h7-28,39-41,43-45H,4-6H2,1-3H3. The molecule has 5 rings (SSSR count). The molecule has 0 fully saturated rings. The molecule has 0 bridgehead atoms. The Balaban J connectivity index is 1.38. The Hall–Kier alpha value is -5.08.